The number of ether oxygens (including phenoxy) is 1. The van der Waals surface area contributed by atoms with Gasteiger partial charge in [-0.15, -0.1) is 0 Å². The van der Waals surface area contributed by atoms with Crippen molar-refractivity contribution in [1.29, 1.82) is 0 Å². The maximum absolute atomic E-state index is 12.6. The van der Waals surface area contributed by atoms with Crippen LogP contribution in [0.25, 0.3) is 10.9 Å². The molecule has 27 heavy (non-hydrogen) atoms. The Kier molecular flexibility index (Phi) is 5.50. The minimum absolute atomic E-state index is 0.265. The van der Waals surface area contributed by atoms with Gasteiger partial charge in [-0.1, -0.05) is 50.2 Å². The third-order valence-electron chi connectivity index (χ3n) is 4.35. The molecule has 5 heteroatoms. The Morgan fingerprint density at radius 3 is 2.48 bits per heavy atom. The number of benzene rings is 2. The lowest BCUT2D eigenvalue weighted by Gasteiger charge is -2.17. The summed E-state index contributed by atoms with van der Waals surface area (Å²) < 4.78 is 5.39. The van der Waals surface area contributed by atoms with Gasteiger partial charge >= 0.3 is 5.97 Å². The van der Waals surface area contributed by atoms with Crippen LogP contribution in [-0.4, -0.2) is 23.0 Å². The minimum Gasteiger partial charge on any atom is -0.449 e. The number of nitrogens with one attached hydrogen (secondary N) is 1. The summed E-state index contributed by atoms with van der Waals surface area (Å²) in [6.45, 7) is 5.67. The number of para-hydroxylation sites is 2. The van der Waals surface area contributed by atoms with Crippen LogP contribution in [0.15, 0.2) is 60.8 Å². The lowest BCUT2D eigenvalue weighted by molar-refractivity contribution is -0.123. The third kappa shape index (κ3) is 4.14. The Balaban J connectivity index is 1.74. The van der Waals surface area contributed by atoms with E-state index in [4.69, 9.17) is 4.74 Å². The molecule has 138 valence electrons. The van der Waals surface area contributed by atoms with Crippen molar-refractivity contribution < 1.29 is 14.3 Å². The number of aromatic nitrogens is 1. The number of rotatable bonds is 5. The van der Waals surface area contributed by atoms with Crippen LogP contribution in [0.1, 0.15) is 42.6 Å². The van der Waals surface area contributed by atoms with Gasteiger partial charge in [-0.2, -0.15) is 0 Å². The van der Waals surface area contributed by atoms with Crippen molar-refractivity contribution in [3.05, 3.63) is 71.9 Å². The summed E-state index contributed by atoms with van der Waals surface area (Å²) in [4.78, 5) is 29.3. The standard InChI is InChI=1S/C22H22N2O3/c1-14(2)17-10-4-5-12-19(17)24-21(25)15(3)27-22(26)18-11-6-8-16-9-7-13-23-20(16)18/h4-15H,1-3H3,(H,24,25)/t15-/m1/s1. The Morgan fingerprint density at radius 2 is 1.70 bits per heavy atom. The number of pyridine rings is 1. The third-order valence-corrected chi connectivity index (χ3v) is 4.35. The van der Waals surface area contributed by atoms with Gasteiger partial charge in [0.05, 0.1) is 11.1 Å². The zero-order valence-electron chi connectivity index (χ0n) is 15.6. The predicted molar refractivity (Wildman–Crippen MR) is 106 cm³/mol. The summed E-state index contributed by atoms with van der Waals surface area (Å²) in [6, 6.07) is 16.6. The molecule has 0 saturated carbocycles. The average Bonchev–Trinajstić information content (AvgIpc) is 2.67. The summed E-state index contributed by atoms with van der Waals surface area (Å²) in [6.07, 6.45) is 0.689. The summed E-state index contributed by atoms with van der Waals surface area (Å²) >= 11 is 0. The van der Waals surface area contributed by atoms with Gasteiger partial charge in [-0.05, 0) is 36.6 Å². The van der Waals surface area contributed by atoms with Gasteiger partial charge in [0, 0.05) is 17.3 Å². The van der Waals surface area contributed by atoms with E-state index in [1.807, 2.05) is 36.4 Å². The van der Waals surface area contributed by atoms with E-state index in [9.17, 15) is 9.59 Å². The van der Waals surface area contributed by atoms with Crippen molar-refractivity contribution in [3.8, 4) is 0 Å². The fourth-order valence-corrected chi connectivity index (χ4v) is 2.90. The van der Waals surface area contributed by atoms with Crippen LogP contribution in [0.2, 0.25) is 0 Å². The van der Waals surface area contributed by atoms with Gasteiger partial charge in [0.1, 0.15) is 0 Å². The Bertz CT molecular complexity index is 977. The molecule has 0 aliphatic carbocycles. The lowest BCUT2D eigenvalue weighted by Crippen LogP contribution is -2.30. The van der Waals surface area contributed by atoms with Crippen LogP contribution in [0.5, 0.6) is 0 Å². The Hall–Kier alpha value is -3.21. The second-order valence-corrected chi connectivity index (χ2v) is 6.66. The minimum atomic E-state index is -0.934. The molecule has 1 aromatic heterocycles. The monoisotopic (exact) mass is 362 g/mol. The van der Waals surface area contributed by atoms with Crippen molar-refractivity contribution in [2.24, 2.45) is 0 Å². The molecule has 0 aliphatic rings. The molecule has 1 heterocycles. The molecule has 0 fully saturated rings. The molecule has 0 bridgehead atoms. The van der Waals surface area contributed by atoms with Gasteiger partial charge < -0.3 is 10.1 Å². The van der Waals surface area contributed by atoms with E-state index in [0.29, 0.717) is 11.1 Å². The van der Waals surface area contributed by atoms with E-state index in [1.165, 1.54) is 0 Å². The van der Waals surface area contributed by atoms with Gasteiger partial charge in [-0.3, -0.25) is 9.78 Å². The Labute approximate surface area is 158 Å². The number of anilines is 1. The lowest BCUT2D eigenvalue weighted by atomic mass is 10.0. The van der Waals surface area contributed by atoms with E-state index >= 15 is 0 Å². The summed E-state index contributed by atoms with van der Waals surface area (Å²) in [5, 5.41) is 3.70. The van der Waals surface area contributed by atoms with Crippen molar-refractivity contribution in [3.63, 3.8) is 0 Å². The van der Waals surface area contributed by atoms with Gasteiger partial charge in [-0.25, -0.2) is 4.79 Å². The van der Waals surface area contributed by atoms with Crippen LogP contribution >= 0.6 is 0 Å². The van der Waals surface area contributed by atoms with Crippen molar-refractivity contribution in [2.75, 3.05) is 5.32 Å². The molecule has 3 rings (SSSR count). The fraction of sp³-hybridized carbons (Fsp3) is 0.227. The van der Waals surface area contributed by atoms with Crippen LogP contribution in [0.3, 0.4) is 0 Å². The molecule has 0 radical (unpaired) electrons. The first-order valence-electron chi connectivity index (χ1n) is 8.92. The molecule has 0 unspecified atom stereocenters. The molecular weight excluding hydrogens is 340 g/mol. The SMILES string of the molecule is CC(C)c1ccccc1NC(=O)[C@@H](C)OC(=O)c1cccc2cccnc12. The topological polar surface area (TPSA) is 68.3 Å². The van der Waals surface area contributed by atoms with Crippen LogP contribution in [0, 0.1) is 0 Å². The first-order chi connectivity index (χ1) is 13.0. The first kappa shape index (κ1) is 18.6. The van der Waals surface area contributed by atoms with E-state index in [1.54, 1.807) is 31.3 Å². The van der Waals surface area contributed by atoms with Crippen molar-refractivity contribution in [1.82, 2.24) is 4.98 Å². The first-order valence-corrected chi connectivity index (χ1v) is 8.92. The largest absolute Gasteiger partial charge is 0.449 e. The number of hydrogen-bond donors (Lipinski definition) is 1. The molecule has 0 aliphatic heterocycles. The second-order valence-electron chi connectivity index (χ2n) is 6.66. The number of carbonyl (C=O) groups is 2. The zero-order valence-corrected chi connectivity index (χ0v) is 15.6. The van der Waals surface area contributed by atoms with Gasteiger partial charge in [0.2, 0.25) is 0 Å². The van der Waals surface area contributed by atoms with Crippen LogP contribution < -0.4 is 5.32 Å². The van der Waals surface area contributed by atoms with E-state index in [2.05, 4.69) is 24.1 Å². The number of carbonyl (C=O) groups excluding carboxylic acids is 2. The summed E-state index contributed by atoms with van der Waals surface area (Å²) in [5.41, 5.74) is 2.66. The average molecular weight is 362 g/mol. The van der Waals surface area contributed by atoms with Crippen molar-refractivity contribution >= 4 is 28.5 Å². The molecular formula is C22H22N2O3. The number of fused-ring (bicyclic) bond motifs is 1. The quantitative estimate of drug-likeness (QED) is 0.677. The molecule has 3 aromatic rings. The highest BCUT2D eigenvalue weighted by atomic mass is 16.5. The highest BCUT2D eigenvalue weighted by Crippen LogP contribution is 2.24. The number of esters is 1. The Morgan fingerprint density at radius 1 is 0.963 bits per heavy atom. The maximum Gasteiger partial charge on any atom is 0.341 e. The van der Waals surface area contributed by atoms with Crippen LogP contribution in [-0.2, 0) is 9.53 Å². The zero-order chi connectivity index (χ0) is 19.4. The maximum atomic E-state index is 12.6. The number of hydrogen-bond acceptors (Lipinski definition) is 4. The van der Waals surface area contributed by atoms with Gasteiger partial charge in [0.15, 0.2) is 6.10 Å². The normalized spacial score (nSPS) is 12.0. The predicted octanol–water partition coefficient (Wildman–Crippen LogP) is 4.54. The highest BCUT2D eigenvalue weighted by Gasteiger charge is 2.21. The molecule has 1 amide bonds. The molecule has 0 spiro atoms. The number of amides is 1. The molecule has 5 nitrogen and oxygen atoms in total. The fourth-order valence-electron chi connectivity index (χ4n) is 2.90. The molecule has 1 atom stereocenters. The number of nitrogens with zero attached hydrogens (tertiary/aromatic N) is 1. The van der Waals surface area contributed by atoms with E-state index < -0.39 is 12.1 Å². The summed E-state index contributed by atoms with van der Waals surface area (Å²) in [7, 11) is 0. The van der Waals surface area contributed by atoms with Crippen molar-refractivity contribution in [2.45, 2.75) is 32.8 Å². The molecule has 2 aromatic carbocycles. The highest BCUT2D eigenvalue weighted by molar-refractivity contribution is 6.04. The molecule has 1 N–H and O–H groups in total. The van der Waals surface area contributed by atoms with Gasteiger partial charge in [0.25, 0.3) is 5.91 Å². The van der Waals surface area contributed by atoms with Crippen LogP contribution in [0.4, 0.5) is 5.69 Å². The molecule has 0 saturated heterocycles. The van der Waals surface area contributed by atoms with E-state index in [0.717, 1.165) is 16.6 Å². The smallest absolute Gasteiger partial charge is 0.341 e. The second kappa shape index (κ2) is 7.99. The summed E-state index contributed by atoms with van der Waals surface area (Å²) in [5.74, 6) is -0.676. The van der Waals surface area contributed by atoms with E-state index in [-0.39, 0.29) is 11.8 Å².